The summed E-state index contributed by atoms with van der Waals surface area (Å²) in [5, 5.41) is 2.89. The van der Waals surface area contributed by atoms with Gasteiger partial charge in [0.05, 0.1) is 25.3 Å². The zero-order chi connectivity index (χ0) is 15.4. The van der Waals surface area contributed by atoms with E-state index in [4.69, 9.17) is 4.74 Å². The molecule has 118 valence electrons. The summed E-state index contributed by atoms with van der Waals surface area (Å²) in [4.78, 5) is 18.5. The number of carbonyl (C=O) groups is 1. The number of imidazole rings is 1. The van der Waals surface area contributed by atoms with Gasteiger partial charge in [-0.3, -0.25) is 9.69 Å². The first-order valence-electron chi connectivity index (χ1n) is 7.41. The van der Waals surface area contributed by atoms with E-state index in [0.717, 1.165) is 32.8 Å². The van der Waals surface area contributed by atoms with E-state index in [1.807, 2.05) is 0 Å². The summed E-state index contributed by atoms with van der Waals surface area (Å²) in [5.74, 6) is -0.399. The van der Waals surface area contributed by atoms with Gasteiger partial charge in [0.25, 0.3) is 0 Å². The zero-order valence-electron chi connectivity index (χ0n) is 12.3. The number of hydrogen-bond acceptors (Lipinski definition) is 4. The summed E-state index contributed by atoms with van der Waals surface area (Å²) in [7, 11) is 0. The Kier molecular flexibility index (Phi) is 4.65. The molecule has 1 aliphatic heterocycles. The summed E-state index contributed by atoms with van der Waals surface area (Å²) in [5.41, 5.74) is 1.27. The molecule has 2 aromatic heterocycles. The lowest BCUT2D eigenvalue weighted by Crippen LogP contribution is -2.41. The molecule has 0 unspecified atom stereocenters. The van der Waals surface area contributed by atoms with Crippen molar-refractivity contribution >= 4 is 11.6 Å². The van der Waals surface area contributed by atoms with Crippen molar-refractivity contribution in [2.24, 2.45) is 0 Å². The van der Waals surface area contributed by atoms with Crippen LogP contribution in [0.2, 0.25) is 0 Å². The van der Waals surface area contributed by atoms with Gasteiger partial charge in [-0.15, -0.1) is 0 Å². The smallest absolute Gasteiger partial charge is 0.226 e. The normalized spacial score (nSPS) is 16.0. The first-order chi connectivity index (χ1) is 10.7. The third kappa shape index (κ3) is 3.80. The molecule has 2 aromatic rings. The van der Waals surface area contributed by atoms with E-state index in [-0.39, 0.29) is 18.1 Å². The molecule has 0 bridgehead atoms. The molecule has 7 heteroatoms. The number of morpholine rings is 1. The molecule has 0 radical (unpaired) electrons. The first kappa shape index (κ1) is 14.9. The Bertz CT molecular complexity index is 652. The lowest BCUT2D eigenvalue weighted by molar-refractivity contribution is -0.120. The van der Waals surface area contributed by atoms with Crippen molar-refractivity contribution in [3.8, 4) is 0 Å². The molecule has 0 saturated carbocycles. The minimum Gasteiger partial charge on any atom is -0.379 e. The van der Waals surface area contributed by atoms with Gasteiger partial charge in [0.1, 0.15) is 11.5 Å². The highest BCUT2D eigenvalue weighted by molar-refractivity contribution is 5.78. The van der Waals surface area contributed by atoms with Gasteiger partial charge in [0, 0.05) is 38.6 Å². The maximum absolute atomic E-state index is 13.1. The number of nitrogens with zero attached hydrogens (tertiary/aromatic N) is 3. The third-order valence-electron chi connectivity index (χ3n) is 3.66. The molecule has 1 fully saturated rings. The van der Waals surface area contributed by atoms with E-state index >= 15 is 0 Å². The van der Waals surface area contributed by atoms with Crippen molar-refractivity contribution in [1.29, 1.82) is 0 Å². The highest BCUT2D eigenvalue weighted by Gasteiger charge is 2.11. The van der Waals surface area contributed by atoms with Crippen LogP contribution >= 0.6 is 0 Å². The first-order valence-corrected chi connectivity index (χ1v) is 7.41. The summed E-state index contributed by atoms with van der Waals surface area (Å²) in [6, 6.07) is 2.95. The lowest BCUT2D eigenvalue weighted by Gasteiger charge is -2.26. The van der Waals surface area contributed by atoms with Gasteiger partial charge in [-0.2, -0.15) is 0 Å². The molecule has 1 aliphatic rings. The lowest BCUT2D eigenvalue weighted by atomic mass is 10.3. The van der Waals surface area contributed by atoms with E-state index in [1.165, 1.54) is 12.3 Å². The number of amides is 1. The van der Waals surface area contributed by atoms with E-state index in [1.54, 1.807) is 16.7 Å². The molecule has 3 heterocycles. The number of carbonyl (C=O) groups excluding carboxylic acids is 1. The number of nitrogens with one attached hydrogen (secondary N) is 1. The Labute approximate surface area is 127 Å². The summed E-state index contributed by atoms with van der Waals surface area (Å²) < 4.78 is 20.0. The van der Waals surface area contributed by atoms with E-state index < -0.39 is 0 Å². The molecular formula is C15H19FN4O2. The highest BCUT2D eigenvalue weighted by atomic mass is 19.1. The Balaban J connectivity index is 1.47. The van der Waals surface area contributed by atoms with Crippen molar-refractivity contribution in [3.63, 3.8) is 0 Å². The Hall–Kier alpha value is -1.99. The van der Waals surface area contributed by atoms with Gasteiger partial charge in [0.2, 0.25) is 5.91 Å². The number of ether oxygens (including phenoxy) is 1. The fourth-order valence-corrected chi connectivity index (χ4v) is 2.51. The fraction of sp³-hybridized carbons (Fsp3) is 0.467. The van der Waals surface area contributed by atoms with Crippen LogP contribution in [0.1, 0.15) is 5.69 Å². The SMILES string of the molecule is O=C(Cc1cn2cc(F)ccc2n1)NCCN1CCOCC1. The van der Waals surface area contributed by atoms with Crippen molar-refractivity contribution in [2.75, 3.05) is 39.4 Å². The molecule has 0 spiro atoms. The van der Waals surface area contributed by atoms with Gasteiger partial charge in [-0.05, 0) is 12.1 Å². The second-order valence-corrected chi connectivity index (χ2v) is 5.33. The van der Waals surface area contributed by atoms with Crippen LogP contribution in [-0.4, -0.2) is 59.6 Å². The highest BCUT2D eigenvalue weighted by Crippen LogP contribution is 2.07. The van der Waals surface area contributed by atoms with Gasteiger partial charge >= 0.3 is 0 Å². The molecule has 1 amide bonds. The minimum atomic E-state index is -0.327. The van der Waals surface area contributed by atoms with Crippen LogP contribution in [0.4, 0.5) is 4.39 Å². The second kappa shape index (κ2) is 6.85. The predicted molar refractivity (Wildman–Crippen MR) is 79.1 cm³/mol. The number of hydrogen-bond donors (Lipinski definition) is 1. The Morgan fingerprint density at radius 3 is 2.95 bits per heavy atom. The van der Waals surface area contributed by atoms with Crippen LogP contribution in [0.15, 0.2) is 24.5 Å². The molecule has 0 aliphatic carbocycles. The topological polar surface area (TPSA) is 58.9 Å². The third-order valence-corrected chi connectivity index (χ3v) is 3.66. The standard InChI is InChI=1S/C15H19FN4O2/c16-12-1-2-14-18-13(11-20(14)10-12)9-15(21)17-3-4-19-5-7-22-8-6-19/h1-2,10-11H,3-9H2,(H,17,21). The molecule has 1 saturated heterocycles. The second-order valence-electron chi connectivity index (χ2n) is 5.33. The number of fused-ring (bicyclic) bond motifs is 1. The van der Waals surface area contributed by atoms with Crippen molar-refractivity contribution in [1.82, 2.24) is 19.6 Å². The summed E-state index contributed by atoms with van der Waals surface area (Å²) >= 11 is 0. The Morgan fingerprint density at radius 1 is 1.32 bits per heavy atom. The monoisotopic (exact) mass is 306 g/mol. The quantitative estimate of drug-likeness (QED) is 0.872. The van der Waals surface area contributed by atoms with Crippen LogP contribution in [0.5, 0.6) is 0 Å². The van der Waals surface area contributed by atoms with E-state index in [9.17, 15) is 9.18 Å². The largest absolute Gasteiger partial charge is 0.379 e. The van der Waals surface area contributed by atoms with Crippen LogP contribution in [0, 0.1) is 5.82 Å². The summed E-state index contributed by atoms with van der Waals surface area (Å²) in [6.07, 6.45) is 3.23. The number of pyridine rings is 1. The molecule has 0 atom stereocenters. The maximum atomic E-state index is 13.1. The molecule has 1 N–H and O–H groups in total. The average molecular weight is 306 g/mol. The summed E-state index contributed by atoms with van der Waals surface area (Å²) in [6.45, 7) is 4.77. The van der Waals surface area contributed by atoms with Crippen LogP contribution in [0.25, 0.3) is 5.65 Å². The minimum absolute atomic E-state index is 0.0721. The van der Waals surface area contributed by atoms with Crippen LogP contribution in [-0.2, 0) is 16.0 Å². The predicted octanol–water partition coefficient (Wildman–Crippen LogP) is 0.464. The van der Waals surface area contributed by atoms with Gasteiger partial charge in [-0.1, -0.05) is 0 Å². The van der Waals surface area contributed by atoms with Gasteiger partial charge < -0.3 is 14.5 Å². The number of aromatic nitrogens is 2. The number of halogens is 1. The van der Waals surface area contributed by atoms with Crippen molar-refractivity contribution < 1.29 is 13.9 Å². The van der Waals surface area contributed by atoms with Crippen LogP contribution < -0.4 is 5.32 Å². The van der Waals surface area contributed by atoms with Crippen molar-refractivity contribution in [3.05, 3.63) is 36.0 Å². The van der Waals surface area contributed by atoms with Gasteiger partial charge in [-0.25, -0.2) is 9.37 Å². The molecule has 0 aromatic carbocycles. The maximum Gasteiger partial charge on any atom is 0.226 e. The fourth-order valence-electron chi connectivity index (χ4n) is 2.51. The van der Waals surface area contributed by atoms with E-state index in [2.05, 4.69) is 15.2 Å². The van der Waals surface area contributed by atoms with Crippen molar-refractivity contribution in [2.45, 2.75) is 6.42 Å². The molecule has 3 rings (SSSR count). The Morgan fingerprint density at radius 2 is 2.14 bits per heavy atom. The molecule has 6 nitrogen and oxygen atoms in total. The molecular weight excluding hydrogens is 287 g/mol. The average Bonchev–Trinajstić information content (AvgIpc) is 2.89. The zero-order valence-corrected chi connectivity index (χ0v) is 12.3. The van der Waals surface area contributed by atoms with E-state index in [0.29, 0.717) is 17.9 Å². The number of rotatable bonds is 5. The van der Waals surface area contributed by atoms with Crippen LogP contribution in [0.3, 0.4) is 0 Å². The van der Waals surface area contributed by atoms with Gasteiger partial charge in [0.15, 0.2) is 0 Å². The molecule has 22 heavy (non-hydrogen) atoms.